The minimum Gasteiger partial charge on any atom is -0.457 e. The van der Waals surface area contributed by atoms with E-state index in [-0.39, 0.29) is 24.8 Å². The molecule has 24 heavy (non-hydrogen) atoms. The highest BCUT2D eigenvalue weighted by atomic mass is 35.5. The van der Waals surface area contributed by atoms with Gasteiger partial charge in [0.15, 0.2) is 0 Å². The SMILES string of the molecule is Cl.Cl.NC(=O)c1ccc(-c2ccccc2)cc1Oc1ccccc1. The van der Waals surface area contributed by atoms with Crippen molar-refractivity contribution in [1.82, 2.24) is 0 Å². The molecule has 3 rings (SSSR count). The van der Waals surface area contributed by atoms with Gasteiger partial charge in [0.25, 0.3) is 5.91 Å². The molecule has 0 saturated heterocycles. The summed E-state index contributed by atoms with van der Waals surface area (Å²) < 4.78 is 5.83. The third kappa shape index (κ3) is 4.51. The predicted molar refractivity (Wildman–Crippen MR) is 101 cm³/mol. The van der Waals surface area contributed by atoms with Gasteiger partial charge in [-0.3, -0.25) is 4.79 Å². The highest BCUT2D eigenvalue weighted by Crippen LogP contribution is 2.30. The van der Waals surface area contributed by atoms with E-state index in [9.17, 15) is 4.79 Å². The molecule has 0 unspecified atom stereocenters. The number of hydrogen-bond donors (Lipinski definition) is 1. The summed E-state index contributed by atoms with van der Waals surface area (Å²) in [5.74, 6) is 0.612. The lowest BCUT2D eigenvalue weighted by molar-refractivity contribution is 0.0998. The van der Waals surface area contributed by atoms with Crippen LogP contribution in [-0.2, 0) is 0 Å². The molecule has 0 heterocycles. The molecule has 0 fully saturated rings. The smallest absolute Gasteiger partial charge is 0.252 e. The molecule has 1 amide bonds. The van der Waals surface area contributed by atoms with E-state index >= 15 is 0 Å². The van der Waals surface area contributed by atoms with Crippen LogP contribution in [-0.4, -0.2) is 5.91 Å². The zero-order valence-corrected chi connectivity index (χ0v) is 14.3. The van der Waals surface area contributed by atoms with Crippen molar-refractivity contribution in [1.29, 1.82) is 0 Å². The normalized spacial score (nSPS) is 9.33. The third-order valence-corrected chi connectivity index (χ3v) is 3.33. The van der Waals surface area contributed by atoms with Gasteiger partial charge in [-0.05, 0) is 35.4 Å². The lowest BCUT2D eigenvalue weighted by Gasteiger charge is -2.11. The van der Waals surface area contributed by atoms with Crippen molar-refractivity contribution in [3.05, 3.63) is 84.4 Å². The summed E-state index contributed by atoms with van der Waals surface area (Å²) >= 11 is 0. The Morgan fingerprint density at radius 3 is 1.92 bits per heavy atom. The van der Waals surface area contributed by atoms with Gasteiger partial charge in [0.2, 0.25) is 0 Å². The first kappa shape index (κ1) is 19.6. The highest BCUT2D eigenvalue weighted by molar-refractivity contribution is 5.96. The lowest BCUT2D eigenvalue weighted by atomic mass is 10.0. The molecule has 0 radical (unpaired) electrons. The maximum Gasteiger partial charge on any atom is 0.252 e. The fourth-order valence-corrected chi connectivity index (χ4v) is 2.24. The average molecular weight is 362 g/mol. The number of benzene rings is 3. The second kappa shape index (κ2) is 8.96. The quantitative estimate of drug-likeness (QED) is 0.703. The molecule has 0 aliphatic rings. The van der Waals surface area contributed by atoms with E-state index in [4.69, 9.17) is 10.5 Å². The summed E-state index contributed by atoms with van der Waals surface area (Å²) in [5, 5.41) is 0. The van der Waals surface area contributed by atoms with E-state index < -0.39 is 5.91 Å². The number of hydrogen-bond acceptors (Lipinski definition) is 2. The third-order valence-electron chi connectivity index (χ3n) is 3.33. The molecule has 0 aliphatic carbocycles. The zero-order valence-electron chi connectivity index (χ0n) is 12.7. The molecule has 5 heteroatoms. The van der Waals surface area contributed by atoms with Gasteiger partial charge in [0.1, 0.15) is 11.5 Å². The summed E-state index contributed by atoms with van der Waals surface area (Å²) in [4.78, 5) is 11.6. The molecule has 3 aromatic rings. The van der Waals surface area contributed by atoms with Crippen molar-refractivity contribution in [2.45, 2.75) is 0 Å². The highest BCUT2D eigenvalue weighted by Gasteiger charge is 2.12. The number of rotatable bonds is 4. The minimum absolute atomic E-state index is 0. The Labute approximate surface area is 153 Å². The zero-order chi connectivity index (χ0) is 15.4. The van der Waals surface area contributed by atoms with Crippen LogP contribution in [0, 0.1) is 0 Å². The number of carbonyl (C=O) groups is 1. The molecular formula is C19H17Cl2NO2. The lowest BCUT2D eigenvalue weighted by Crippen LogP contribution is -2.12. The van der Waals surface area contributed by atoms with Crippen molar-refractivity contribution in [3.8, 4) is 22.6 Å². The van der Waals surface area contributed by atoms with Gasteiger partial charge in [0.05, 0.1) is 5.56 Å². The number of ether oxygens (including phenoxy) is 1. The van der Waals surface area contributed by atoms with E-state index in [2.05, 4.69) is 0 Å². The van der Waals surface area contributed by atoms with E-state index in [0.29, 0.717) is 17.1 Å². The predicted octanol–water partition coefficient (Wildman–Crippen LogP) is 5.09. The molecule has 0 aliphatic heterocycles. The second-order valence-electron chi connectivity index (χ2n) is 4.86. The number of primary amides is 1. The number of nitrogens with two attached hydrogens (primary N) is 1. The van der Waals surface area contributed by atoms with Gasteiger partial charge < -0.3 is 10.5 Å². The van der Waals surface area contributed by atoms with Crippen molar-refractivity contribution < 1.29 is 9.53 Å². The largest absolute Gasteiger partial charge is 0.457 e. The molecule has 0 saturated carbocycles. The van der Waals surface area contributed by atoms with Crippen LogP contribution in [0.1, 0.15) is 10.4 Å². The molecule has 3 nitrogen and oxygen atoms in total. The minimum atomic E-state index is -0.509. The number of para-hydroxylation sites is 1. The molecular weight excluding hydrogens is 345 g/mol. The summed E-state index contributed by atoms with van der Waals surface area (Å²) in [6.45, 7) is 0. The van der Waals surface area contributed by atoms with Gasteiger partial charge in [-0.1, -0.05) is 54.6 Å². The first-order chi connectivity index (χ1) is 10.7. The average Bonchev–Trinajstić information content (AvgIpc) is 2.56. The molecule has 0 bridgehead atoms. The van der Waals surface area contributed by atoms with Crippen LogP contribution in [0.2, 0.25) is 0 Å². The van der Waals surface area contributed by atoms with Crippen molar-refractivity contribution in [2.24, 2.45) is 5.73 Å². The molecule has 0 aromatic heterocycles. The second-order valence-corrected chi connectivity index (χ2v) is 4.86. The van der Waals surface area contributed by atoms with Crippen LogP contribution in [0.3, 0.4) is 0 Å². The maximum atomic E-state index is 11.6. The Bertz CT molecular complexity index is 793. The van der Waals surface area contributed by atoms with Crippen LogP contribution in [0.25, 0.3) is 11.1 Å². The van der Waals surface area contributed by atoms with Crippen molar-refractivity contribution in [3.63, 3.8) is 0 Å². The monoisotopic (exact) mass is 361 g/mol. The summed E-state index contributed by atoms with van der Waals surface area (Å²) in [6.07, 6.45) is 0. The number of carbonyl (C=O) groups excluding carboxylic acids is 1. The van der Waals surface area contributed by atoms with E-state index in [1.807, 2.05) is 72.8 Å². The van der Waals surface area contributed by atoms with Crippen LogP contribution in [0.15, 0.2) is 78.9 Å². The fraction of sp³-hybridized carbons (Fsp3) is 0. The van der Waals surface area contributed by atoms with Gasteiger partial charge >= 0.3 is 0 Å². The number of amides is 1. The Kier molecular flexibility index (Phi) is 7.31. The molecule has 0 atom stereocenters. The molecule has 124 valence electrons. The summed E-state index contributed by atoms with van der Waals surface area (Å²) in [6, 6.07) is 24.6. The molecule has 2 N–H and O–H groups in total. The van der Waals surface area contributed by atoms with Gasteiger partial charge in [0, 0.05) is 0 Å². The standard InChI is InChI=1S/C19H15NO2.2ClH/c20-19(21)17-12-11-15(14-7-3-1-4-8-14)13-18(17)22-16-9-5-2-6-10-16;;/h1-13H,(H2,20,21);2*1H. The Hall–Kier alpha value is -2.49. The Morgan fingerprint density at radius 2 is 1.33 bits per heavy atom. The van der Waals surface area contributed by atoms with E-state index in [1.54, 1.807) is 6.07 Å². The van der Waals surface area contributed by atoms with Gasteiger partial charge in [-0.25, -0.2) is 0 Å². The Balaban J connectivity index is 0.00000144. The number of halogens is 2. The van der Waals surface area contributed by atoms with E-state index in [0.717, 1.165) is 11.1 Å². The molecule has 3 aromatic carbocycles. The fourth-order valence-electron chi connectivity index (χ4n) is 2.24. The first-order valence-corrected chi connectivity index (χ1v) is 6.96. The van der Waals surface area contributed by atoms with Crippen molar-refractivity contribution >= 4 is 30.7 Å². The van der Waals surface area contributed by atoms with Crippen LogP contribution in [0.5, 0.6) is 11.5 Å². The maximum absolute atomic E-state index is 11.6. The summed E-state index contributed by atoms with van der Waals surface area (Å²) in [5.41, 5.74) is 7.82. The summed E-state index contributed by atoms with van der Waals surface area (Å²) in [7, 11) is 0. The van der Waals surface area contributed by atoms with Crippen LogP contribution >= 0.6 is 24.8 Å². The van der Waals surface area contributed by atoms with Gasteiger partial charge in [-0.2, -0.15) is 0 Å². The van der Waals surface area contributed by atoms with E-state index in [1.165, 1.54) is 0 Å². The first-order valence-electron chi connectivity index (χ1n) is 6.96. The molecule has 0 spiro atoms. The van der Waals surface area contributed by atoms with Crippen LogP contribution < -0.4 is 10.5 Å². The topological polar surface area (TPSA) is 52.3 Å². The van der Waals surface area contributed by atoms with Crippen LogP contribution in [0.4, 0.5) is 0 Å². The van der Waals surface area contributed by atoms with Crippen molar-refractivity contribution in [2.75, 3.05) is 0 Å². The van der Waals surface area contributed by atoms with Gasteiger partial charge in [-0.15, -0.1) is 24.8 Å². The Morgan fingerprint density at radius 1 is 0.750 bits per heavy atom.